The van der Waals surface area contributed by atoms with E-state index in [1.807, 2.05) is 0 Å². The molecule has 130 valence electrons. The highest BCUT2D eigenvalue weighted by Crippen LogP contribution is 2.34. The van der Waals surface area contributed by atoms with Crippen molar-refractivity contribution in [2.75, 3.05) is 12.7 Å². The molecule has 3 rings (SSSR count). The van der Waals surface area contributed by atoms with Crippen LogP contribution < -0.4 is 20.6 Å². The Bertz CT molecular complexity index is 511. The molecule has 0 aliphatic carbocycles. The molecule has 2 aromatic carbocycles. The molecule has 1 nitrogen and oxygen atoms in total. The van der Waals surface area contributed by atoms with E-state index in [0.29, 0.717) is 0 Å². The van der Waals surface area contributed by atoms with Crippen LogP contribution in [0.25, 0.3) is 0 Å². The van der Waals surface area contributed by atoms with Gasteiger partial charge < -0.3 is 10.0 Å². The van der Waals surface area contributed by atoms with Crippen molar-refractivity contribution in [3.8, 4) is 0 Å². The third-order valence-electron chi connectivity index (χ3n) is 3.83. The van der Waals surface area contributed by atoms with Crippen molar-refractivity contribution >= 4 is 26.1 Å². The summed E-state index contributed by atoms with van der Waals surface area (Å²) in [6, 6.07) is 22.9. The fourth-order valence-electron chi connectivity index (χ4n) is 2.83. The molecule has 1 fully saturated rings. The maximum Gasteiger partial charge on any atom is 0.762 e. The van der Waals surface area contributed by atoms with Gasteiger partial charge >= 0.3 is 7.54 Å². The van der Waals surface area contributed by atoms with Gasteiger partial charge in [0.2, 0.25) is 0 Å². The van der Waals surface area contributed by atoms with E-state index < -0.39 is 7.54 Å². The van der Waals surface area contributed by atoms with Gasteiger partial charge in [-0.2, -0.15) is 0 Å². The van der Waals surface area contributed by atoms with Crippen LogP contribution in [0, 0.1) is 0 Å². The molecular formula is C17H21BF4NP. The minimum absolute atomic E-state index is 0. The minimum Gasteiger partial charge on any atom is -1.00 e. The summed E-state index contributed by atoms with van der Waals surface area (Å²) in [4.78, 5) is 0. The standard InChI is InChI=1S/C17H20NP.BF3.FH/c1-3-9-16(10-4-1)19(14-15-8-7-13-18-15)17-11-5-2-6-12-17;2-1(3)4;/h1-6,9-12,15,18H,7-8,13-14H2;;1H/t15-;;/m1../s1. The van der Waals surface area contributed by atoms with Crippen molar-refractivity contribution in [3.63, 3.8) is 0 Å². The zero-order valence-corrected chi connectivity index (χ0v) is 14.2. The fourth-order valence-corrected chi connectivity index (χ4v) is 5.41. The Labute approximate surface area is 142 Å². The van der Waals surface area contributed by atoms with E-state index in [0.717, 1.165) is 6.04 Å². The first-order valence-corrected chi connectivity index (χ1v) is 9.32. The molecule has 0 saturated carbocycles. The smallest absolute Gasteiger partial charge is 0.762 e. The first kappa shape index (κ1) is 20.7. The molecule has 1 atom stereocenters. The highest BCUT2D eigenvalue weighted by Gasteiger charge is 2.24. The Morgan fingerprint density at radius 2 is 1.38 bits per heavy atom. The van der Waals surface area contributed by atoms with Gasteiger partial charge in [0.1, 0.15) is 0 Å². The fraction of sp³-hybridized carbons (Fsp3) is 0.294. The predicted molar refractivity (Wildman–Crippen MR) is 92.8 cm³/mol. The molecule has 0 spiro atoms. The molecule has 1 aliphatic rings. The van der Waals surface area contributed by atoms with Gasteiger partial charge in [-0.15, -0.1) is 0 Å². The number of benzene rings is 2. The van der Waals surface area contributed by atoms with Crippen molar-refractivity contribution < 1.29 is 23.0 Å². The second kappa shape index (κ2) is 11.2. The van der Waals surface area contributed by atoms with Crippen molar-refractivity contribution in [1.29, 1.82) is 0 Å². The van der Waals surface area contributed by atoms with Crippen LogP contribution in [-0.2, 0) is 0 Å². The Morgan fingerprint density at radius 1 is 0.917 bits per heavy atom. The lowest BCUT2D eigenvalue weighted by atomic mass is 10.3. The van der Waals surface area contributed by atoms with Crippen LogP contribution in [0.5, 0.6) is 0 Å². The molecule has 0 unspecified atom stereocenters. The molecule has 2 N–H and O–H groups in total. The summed E-state index contributed by atoms with van der Waals surface area (Å²) in [5.41, 5.74) is 0. The molecule has 1 heterocycles. The molecule has 0 amide bonds. The van der Waals surface area contributed by atoms with Crippen LogP contribution in [0.4, 0.5) is 12.9 Å². The van der Waals surface area contributed by atoms with Crippen molar-refractivity contribution in [2.45, 2.75) is 18.9 Å². The van der Waals surface area contributed by atoms with Crippen LogP contribution in [0.3, 0.4) is 0 Å². The van der Waals surface area contributed by atoms with Gasteiger partial charge in [0, 0.05) is 19.0 Å². The molecule has 1 saturated heterocycles. The molecular weight excluding hydrogens is 336 g/mol. The van der Waals surface area contributed by atoms with E-state index >= 15 is 0 Å². The number of hydrogen-bond acceptors (Lipinski definition) is 0. The normalized spacial score (nSPS) is 16.1. The van der Waals surface area contributed by atoms with Crippen LogP contribution in [-0.4, -0.2) is 26.3 Å². The Hall–Kier alpha value is -1.39. The first-order valence-electron chi connectivity index (χ1n) is 7.80. The third-order valence-corrected chi connectivity index (χ3v) is 6.51. The van der Waals surface area contributed by atoms with E-state index in [9.17, 15) is 12.9 Å². The van der Waals surface area contributed by atoms with Gasteiger partial charge in [-0.05, 0) is 18.5 Å². The zero-order chi connectivity index (χ0) is 16.5. The molecule has 0 aromatic heterocycles. The summed E-state index contributed by atoms with van der Waals surface area (Å²) >= 11 is 0. The zero-order valence-electron chi connectivity index (χ0n) is 13.3. The first-order chi connectivity index (χ1) is 11.2. The third kappa shape index (κ3) is 7.02. The van der Waals surface area contributed by atoms with Crippen molar-refractivity contribution in [1.82, 2.24) is 0 Å². The van der Waals surface area contributed by atoms with Gasteiger partial charge in [-0.1, -0.05) is 60.7 Å². The van der Waals surface area contributed by atoms with Gasteiger partial charge in [0.25, 0.3) is 0 Å². The lowest BCUT2D eigenvalue weighted by Gasteiger charge is -2.20. The molecule has 2 aromatic rings. The maximum absolute atomic E-state index is 9.67. The summed E-state index contributed by atoms with van der Waals surface area (Å²) in [7, 11) is -3.86. The van der Waals surface area contributed by atoms with Crippen LogP contribution in [0.15, 0.2) is 60.7 Å². The summed E-state index contributed by atoms with van der Waals surface area (Å²) < 4.78 is 29.0. The van der Waals surface area contributed by atoms with Gasteiger partial charge in [-0.25, -0.2) is 0 Å². The van der Waals surface area contributed by atoms with Gasteiger partial charge in [-0.3, -0.25) is 12.9 Å². The lowest BCUT2D eigenvalue weighted by molar-refractivity contribution is -0.665. The predicted octanol–water partition coefficient (Wildman–Crippen LogP) is -0.271. The van der Waals surface area contributed by atoms with E-state index in [1.54, 1.807) is 0 Å². The lowest BCUT2D eigenvalue weighted by Crippen LogP contribution is -3.00. The molecule has 24 heavy (non-hydrogen) atoms. The molecule has 1 aliphatic heterocycles. The number of rotatable bonds is 4. The van der Waals surface area contributed by atoms with Crippen LogP contribution in [0.2, 0.25) is 0 Å². The van der Waals surface area contributed by atoms with E-state index in [2.05, 4.69) is 66.0 Å². The van der Waals surface area contributed by atoms with E-state index in [-0.39, 0.29) is 12.6 Å². The average Bonchev–Trinajstić information content (AvgIpc) is 3.07. The second-order valence-electron chi connectivity index (χ2n) is 5.46. The topological polar surface area (TPSA) is 16.6 Å². The maximum atomic E-state index is 9.67. The molecule has 7 heteroatoms. The number of halogens is 4. The highest BCUT2D eigenvalue weighted by molar-refractivity contribution is 7.73. The minimum atomic E-state index is -3.67. The Kier molecular flexibility index (Phi) is 9.66. The average molecular weight is 357 g/mol. The van der Waals surface area contributed by atoms with Crippen LogP contribution in [0.1, 0.15) is 12.8 Å². The van der Waals surface area contributed by atoms with E-state index in [4.69, 9.17) is 0 Å². The second-order valence-corrected chi connectivity index (χ2v) is 7.71. The monoisotopic (exact) mass is 357 g/mol. The largest absolute Gasteiger partial charge is 1.00 e. The highest BCUT2D eigenvalue weighted by atomic mass is 31.1. The molecule has 0 bridgehead atoms. The quantitative estimate of drug-likeness (QED) is 0.441. The van der Waals surface area contributed by atoms with Gasteiger partial charge in [0.05, 0.1) is 12.6 Å². The summed E-state index contributed by atoms with van der Waals surface area (Å²) in [5.74, 6) is 0. The summed E-state index contributed by atoms with van der Waals surface area (Å²) in [6.07, 6.45) is 4.10. The Balaban J connectivity index is 0.000000522. The summed E-state index contributed by atoms with van der Waals surface area (Å²) in [5, 5.41) is 5.58. The number of nitrogens with two attached hydrogens (primary N) is 1. The van der Waals surface area contributed by atoms with Crippen LogP contribution >= 0.6 is 7.92 Å². The number of hydrogen-bond donors (Lipinski definition) is 1. The van der Waals surface area contributed by atoms with Crippen molar-refractivity contribution in [3.05, 3.63) is 60.7 Å². The molecule has 0 radical (unpaired) electrons. The Morgan fingerprint density at radius 3 is 1.75 bits per heavy atom. The summed E-state index contributed by atoms with van der Waals surface area (Å²) in [6.45, 7) is 1.32. The SMILES string of the molecule is FB(F)F.[F-].c1ccc(P(C[C@H]2CCC[NH2+]2)c2ccccc2)cc1. The van der Waals surface area contributed by atoms with Crippen molar-refractivity contribution in [2.24, 2.45) is 0 Å². The van der Waals surface area contributed by atoms with Gasteiger partial charge in [0.15, 0.2) is 0 Å². The van der Waals surface area contributed by atoms with E-state index in [1.165, 1.54) is 36.2 Å². The number of quaternary nitrogens is 1.